The Balaban J connectivity index is 2.09. The minimum atomic E-state index is -2.77. The predicted octanol–water partition coefficient (Wildman–Crippen LogP) is 0.636. The first-order valence-electron chi connectivity index (χ1n) is 6.56. The summed E-state index contributed by atoms with van der Waals surface area (Å²) in [6.07, 6.45) is 1.89. The lowest BCUT2D eigenvalue weighted by atomic mass is 9.92. The molecule has 2 aliphatic heterocycles. The van der Waals surface area contributed by atoms with Crippen molar-refractivity contribution in [2.24, 2.45) is 0 Å². The van der Waals surface area contributed by atoms with Gasteiger partial charge in [0.05, 0.1) is 11.5 Å². The Labute approximate surface area is 105 Å². The molecule has 1 N–H and O–H groups in total. The number of hydrogen-bond donors (Lipinski definition) is 1. The molecular weight excluding hydrogens is 236 g/mol. The zero-order valence-electron chi connectivity index (χ0n) is 11.1. The summed E-state index contributed by atoms with van der Waals surface area (Å²) < 4.78 is 23.2. The van der Waals surface area contributed by atoms with E-state index >= 15 is 0 Å². The fourth-order valence-corrected chi connectivity index (χ4v) is 4.63. The highest BCUT2D eigenvalue weighted by Crippen LogP contribution is 2.26. The Bertz CT molecular complexity index is 382. The van der Waals surface area contributed by atoms with Gasteiger partial charge in [0.1, 0.15) is 0 Å². The average Bonchev–Trinajstić information content (AvgIpc) is 2.63. The quantitative estimate of drug-likeness (QED) is 0.791. The number of rotatable bonds is 2. The van der Waals surface area contributed by atoms with Gasteiger partial charge in [-0.05, 0) is 26.7 Å². The molecule has 3 atom stereocenters. The van der Waals surface area contributed by atoms with Crippen LogP contribution in [0.3, 0.4) is 0 Å². The Morgan fingerprint density at radius 1 is 1.47 bits per heavy atom. The van der Waals surface area contributed by atoms with Crippen molar-refractivity contribution >= 4 is 9.84 Å². The van der Waals surface area contributed by atoms with Gasteiger partial charge >= 0.3 is 0 Å². The Hall–Kier alpha value is -0.130. The lowest BCUT2D eigenvalue weighted by Gasteiger charge is -2.47. The van der Waals surface area contributed by atoms with Gasteiger partial charge in [0, 0.05) is 30.7 Å². The van der Waals surface area contributed by atoms with Crippen LogP contribution >= 0.6 is 0 Å². The van der Waals surface area contributed by atoms with Crippen molar-refractivity contribution in [2.75, 3.05) is 24.6 Å². The maximum atomic E-state index is 11.6. The van der Waals surface area contributed by atoms with Crippen LogP contribution in [0.2, 0.25) is 0 Å². The van der Waals surface area contributed by atoms with Gasteiger partial charge in [0.15, 0.2) is 9.84 Å². The van der Waals surface area contributed by atoms with Crippen molar-refractivity contribution in [3.8, 4) is 0 Å². The van der Waals surface area contributed by atoms with Gasteiger partial charge in [0.25, 0.3) is 0 Å². The molecule has 5 heteroatoms. The third-order valence-electron chi connectivity index (χ3n) is 4.38. The maximum absolute atomic E-state index is 11.6. The number of piperazine rings is 1. The highest BCUT2D eigenvalue weighted by molar-refractivity contribution is 7.91. The number of hydrogen-bond acceptors (Lipinski definition) is 4. The molecule has 0 aromatic carbocycles. The fourth-order valence-electron chi connectivity index (χ4n) is 2.89. The first kappa shape index (κ1) is 13.3. The molecule has 0 bridgehead atoms. The molecular formula is C12H24N2O2S. The van der Waals surface area contributed by atoms with Crippen molar-refractivity contribution in [3.05, 3.63) is 0 Å². The van der Waals surface area contributed by atoms with Crippen molar-refractivity contribution < 1.29 is 8.42 Å². The van der Waals surface area contributed by atoms with Gasteiger partial charge in [-0.15, -0.1) is 0 Å². The van der Waals surface area contributed by atoms with E-state index in [2.05, 4.69) is 31.0 Å². The Kier molecular flexibility index (Phi) is 3.54. The van der Waals surface area contributed by atoms with Crippen LogP contribution in [-0.2, 0) is 9.84 Å². The van der Waals surface area contributed by atoms with Crippen molar-refractivity contribution in [3.63, 3.8) is 0 Å². The summed E-state index contributed by atoms with van der Waals surface area (Å²) in [5, 5.41) is 3.58. The zero-order valence-corrected chi connectivity index (χ0v) is 11.9. The summed E-state index contributed by atoms with van der Waals surface area (Å²) in [5.74, 6) is 0.730. The topological polar surface area (TPSA) is 49.4 Å². The van der Waals surface area contributed by atoms with E-state index in [0.717, 1.165) is 25.9 Å². The molecule has 0 radical (unpaired) electrons. The molecule has 2 saturated heterocycles. The number of nitrogens with zero attached hydrogens (tertiary/aromatic N) is 1. The molecule has 0 saturated carbocycles. The summed E-state index contributed by atoms with van der Waals surface area (Å²) in [4.78, 5) is 2.41. The van der Waals surface area contributed by atoms with Crippen LogP contribution < -0.4 is 5.32 Å². The SMILES string of the molecule is CCC1(C)CN(C2CCS(=O)(=O)C2)C(C)CN1. The molecule has 0 aromatic rings. The van der Waals surface area contributed by atoms with Crippen LogP contribution in [0.15, 0.2) is 0 Å². The molecule has 3 unspecified atom stereocenters. The minimum absolute atomic E-state index is 0.138. The number of sulfone groups is 1. The zero-order chi connectivity index (χ0) is 12.7. The second kappa shape index (κ2) is 4.52. The van der Waals surface area contributed by atoms with Crippen LogP contribution in [0, 0.1) is 0 Å². The molecule has 17 heavy (non-hydrogen) atoms. The van der Waals surface area contributed by atoms with Gasteiger partial charge in [-0.1, -0.05) is 6.92 Å². The lowest BCUT2D eigenvalue weighted by molar-refractivity contribution is 0.0625. The first-order valence-corrected chi connectivity index (χ1v) is 8.38. The van der Waals surface area contributed by atoms with E-state index in [1.165, 1.54) is 0 Å². The lowest BCUT2D eigenvalue weighted by Crippen LogP contribution is -2.64. The first-order chi connectivity index (χ1) is 7.85. The predicted molar refractivity (Wildman–Crippen MR) is 69.9 cm³/mol. The molecule has 0 spiro atoms. The molecule has 0 aliphatic carbocycles. The summed E-state index contributed by atoms with van der Waals surface area (Å²) in [6, 6.07) is 0.677. The summed E-state index contributed by atoms with van der Waals surface area (Å²) in [7, 11) is -2.77. The van der Waals surface area contributed by atoms with Crippen LogP contribution in [0.1, 0.15) is 33.6 Å². The van der Waals surface area contributed by atoms with E-state index in [0.29, 0.717) is 17.5 Å². The van der Waals surface area contributed by atoms with E-state index in [-0.39, 0.29) is 11.6 Å². The monoisotopic (exact) mass is 260 g/mol. The molecule has 2 heterocycles. The summed E-state index contributed by atoms with van der Waals surface area (Å²) in [6.45, 7) is 8.53. The summed E-state index contributed by atoms with van der Waals surface area (Å²) >= 11 is 0. The highest BCUT2D eigenvalue weighted by atomic mass is 32.2. The van der Waals surface area contributed by atoms with Gasteiger partial charge in [-0.3, -0.25) is 4.90 Å². The van der Waals surface area contributed by atoms with E-state index in [1.54, 1.807) is 0 Å². The van der Waals surface area contributed by atoms with Crippen molar-refractivity contribution in [1.82, 2.24) is 10.2 Å². The third-order valence-corrected chi connectivity index (χ3v) is 6.13. The normalized spacial score (nSPS) is 42.8. The molecule has 2 aliphatic rings. The van der Waals surface area contributed by atoms with Crippen molar-refractivity contribution in [2.45, 2.75) is 51.2 Å². The van der Waals surface area contributed by atoms with Crippen LogP contribution in [0.4, 0.5) is 0 Å². The Morgan fingerprint density at radius 2 is 2.18 bits per heavy atom. The van der Waals surface area contributed by atoms with Gasteiger partial charge in [-0.25, -0.2) is 8.42 Å². The number of nitrogens with one attached hydrogen (secondary N) is 1. The van der Waals surface area contributed by atoms with Crippen molar-refractivity contribution in [1.29, 1.82) is 0 Å². The van der Waals surface area contributed by atoms with Crippen LogP contribution in [0.5, 0.6) is 0 Å². The molecule has 0 aromatic heterocycles. The largest absolute Gasteiger partial charge is 0.309 e. The van der Waals surface area contributed by atoms with E-state index in [9.17, 15) is 8.42 Å². The van der Waals surface area contributed by atoms with Gasteiger partial charge in [-0.2, -0.15) is 0 Å². The van der Waals surface area contributed by atoms with Crippen LogP contribution in [-0.4, -0.2) is 55.5 Å². The fraction of sp³-hybridized carbons (Fsp3) is 1.00. The van der Waals surface area contributed by atoms with Crippen LogP contribution in [0.25, 0.3) is 0 Å². The van der Waals surface area contributed by atoms with E-state index in [1.807, 2.05) is 0 Å². The standard InChI is InChI=1S/C12H24N2O2S/c1-4-12(3)9-14(10(2)7-13-12)11-5-6-17(15,16)8-11/h10-11,13H,4-9H2,1-3H3. The second-order valence-electron chi connectivity index (χ2n) is 5.87. The summed E-state index contributed by atoms with van der Waals surface area (Å²) in [5.41, 5.74) is 0.138. The molecule has 0 amide bonds. The minimum Gasteiger partial charge on any atom is -0.309 e. The van der Waals surface area contributed by atoms with E-state index < -0.39 is 9.84 Å². The van der Waals surface area contributed by atoms with Gasteiger partial charge < -0.3 is 5.32 Å². The average molecular weight is 260 g/mol. The second-order valence-corrected chi connectivity index (χ2v) is 8.10. The smallest absolute Gasteiger partial charge is 0.151 e. The van der Waals surface area contributed by atoms with E-state index in [4.69, 9.17) is 0 Å². The third kappa shape index (κ3) is 2.83. The maximum Gasteiger partial charge on any atom is 0.151 e. The highest BCUT2D eigenvalue weighted by Gasteiger charge is 2.40. The molecule has 100 valence electrons. The molecule has 2 fully saturated rings. The molecule has 4 nitrogen and oxygen atoms in total. The van der Waals surface area contributed by atoms with Gasteiger partial charge in [0.2, 0.25) is 0 Å². The molecule has 2 rings (SSSR count). The Morgan fingerprint density at radius 3 is 2.71 bits per heavy atom.